The minimum atomic E-state index is 0.502. The Balaban J connectivity index is 1.26. The van der Waals surface area contributed by atoms with Crippen molar-refractivity contribution >= 4 is 10.9 Å². The number of para-hydroxylation sites is 1. The van der Waals surface area contributed by atoms with Gasteiger partial charge < -0.3 is 4.57 Å². The van der Waals surface area contributed by atoms with E-state index >= 15 is 0 Å². The van der Waals surface area contributed by atoms with Crippen molar-refractivity contribution in [3.05, 3.63) is 35.5 Å². The van der Waals surface area contributed by atoms with Crippen molar-refractivity contribution in [2.75, 3.05) is 0 Å². The molecule has 6 rings (SSSR count). The third-order valence-corrected chi connectivity index (χ3v) is 12.6. The summed E-state index contributed by atoms with van der Waals surface area (Å²) in [6.45, 7) is 12.9. The molecule has 1 aromatic heterocycles. The molecule has 0 N–H and O–H groups in total. The summed E-state index contributed by atoms with van der Waals surface area (Å²) >= 11 is 0. The van der Waals surface area contributed by atoms with E-state index in [-0.39, 0.29) is 0 Å². The zero-order valence-corrected chi connectivity index (χ0v) is 23.6. The quantitative estimate of drug-likeness (QED) is 0.407. The van der Waals surface area contributed by atoms with Gasteiger partial charge in [0.25, 0.3) is 0 Å². The van der Waals surface area contributed by atoms with Gasteiger partial charge in [0.05, 0.1) is 0 Å². The highest BCUT2D eigenvalue weighted by Crippen LogP contribution is 2.69. The summed E-state index contributed by atoms with van der Waals surface area (Å²) in [5.74, 6) is 6.45. The second-order valence-corrected chi connectivity index (χ2v) is 14.5. The number of aromatic nitrogens is 1. The number of fused-ring (bicyclic) bond motifs is 9. The van der Waals surface area contributed by atoms with E-state index in [1.165, 1.54) is 76.1 Å². The van der Waals surface area contributed by atoms with Crippen LogP contribution in [0.15, 0.2) is 24.3 Å². The Morgan fingerprint density at radius 2 is 1.66 bits per heavy atom. The predicted octanol–water partition coefficient (Wildman–Crippen LogP) is 9.53. The summed E-state index contributed by atoms with van der Waals surface area (Å²) in [6, 6.07) is 9.27. The first-order valence-electron chi connectivity index (χ1n) is 15.3. The lowest BCUT2D eigenvalue weighted by atomic mass is 9.44. The van der Waals surface area contributed by atoms with Gasteiger partial charge in [0, 0.05) is 23.6 Å². The summed E-state index contributed by atoms with van der Waals surface area (Å²) in [5.41, 5.74) is 5.99. The van der Waals surface area contributed by atoms with Crippen molar-refractivity contribution < 1.29 is 0 Å². The van der Waals surface area contributed by atoms with Gasteiger partial charge in [-0.15, -0.1) is 0 Å². The molecule has 4 aliphatic carbocycles. The van der Waals surface area contributed by atoms with E-state index in [0.29, 0.717) is 10.8 Å². The molecule has 1 heteroatoms. The molecular formula is C34H51N. The zero-order valence-electron chi connectivity index (χ0n) is 23.6. The van der Waals surface area contributed by atoms with Gasteiger partial charge in [-0.05, 0) is 115 Å². The molecular weight excluding hydrogens is 422 g/mol. The van der Waals surface area contributed by atoms with Crippen LogP contribution in [0.2, 0.25) is 0 Å². The molecule has 0 saturated heterocycles. The Morgan fingerprint density at radius 3 is 2.46 bits per heavy atom. The topological polar surface area (TPSA) is 4.93 Å². The Hall–Kier alpha value is -1.24. The first-order chi connectivity index (χ1) is 16.8. The second kappa shape index (κ2) is 8.66. The molecule has 0 aliphatic heterocycles. The molecule has 3 saturated carbocycles. The van der Waals surface area contributed by atoms with Gasteiger partial charge in [0.1, 0.15) is 0 Å². The van der Waals surface area contributed by atoms with Crippen molar-refractivity contribution in [2.45, 2.75) is 111 Å². The van der Waals surface area contributed by atoms with E-state index < -0.39 is 0 Å². The fourth-order valence-corrected chi connectivity index (χ4v) is 10.9. The van der Waals surface area contributed by atoms with Crippen LogP contribution in [0, 0.1) is 46.3 Å². The molecule has 1 heterocycles. The first kappa shape index (κ1) is 24.1. The van der Waals surface area contributed by atoms with Gasteiger partial charge in [-0.1, -0.05) is 72.1 Å². The molecule has 192 valence electrons. The molecule has 8 unspecified atom stereocenters. The number of nitrogens with zero attached hydrogens (tertiary/aromatic N) is 1. The van der Waals surface area contributed by atoms with Gasteiger partial charge in [-0.2, -0.15) is 0 Å². The fourth-order valence-electron chi connectivity index (χ4n) is 10.9. The monoisotopic (exact) mass is 473 g/mol. The molecule has 4 aliphatic rings. The number of aryl methyl sites for hydroxylation is 1. The normalized spacial score (nSPS) is 39.2. The lowest BCUT2D eigenvalue weighted by molar-refractivity contribution is -0.0897. The van der Waals surface area contributed by atoms with E-state index in [1.54, 1.807) is 16.6 Å². The first-order valence-corrected chi connectivity index (χ1v) is 15.3. The van der Waals surface area contributed by atoms with Gasteiger partial charge in [-0.25, -0.2) is 0 Å². The Labute approximate surface area is 215 Å². The van der Waals surface area contributed by atoms with Crippen LogP contribution in [0.3, 0.4) is 0 Å². The van der Waals surface area contributed by atoms with Crippen LogP contribution >= 0.6 is 0 Å². The minimum absolute atomic E-state index is 0.502. The van der Waals surface area contributed by atoms with Crippen molar-refractivity contribution in [2.24, 2.45) is 53.4 Å². The Morgan fingerprint density at radius 1 is 0.886 bits per heavy atom. The summed E-state index contributed by atoms with van der Waals surface area (Å²) in [7, 11) is 2.32. The van der Waals surface area contributed by atoms with Gasteiger partial charge in [0.2, 0.25) is 0 Å². The molecule has 3 fully saturated rings. The molecule has 1 nitrogen and oxygen atoms in total. The van der Waals surface area contributed by atoms with Crippen LogP contribution in [-0.2, 0) is 13.5 Å². The maximum atomic E-state index is 2.75. The van der Waals surface area contributed by atoms with Crippen molar-refractivity contribution in [1.82, 2.24) is 4.57 Å². The molecule has 2 aromatic rings. The Kier molecular flexibility index (Phi) is 5.97. The lowest BCUT2D eigenvalue weighted by Gasteiger charge is -2.60. The largest absolute Gasteiger partial charge is 0.347 e. The maximum Gasteiger partial charge on any atom is 0.0482 e. The number of hydrogen-bond acceptors (Lipinski definition) is 0. The standard InChI is InChI=1S/C34H51N/c1-22(2)10-9-11-23(3)26-16-17-27-24-14-15-29-32-25-12-7-8-13-30(25)35(6)31(32)19-21-34(29,5)28(24)18-20-33(26,27)4/h7-8,12-13,22-24,26-29H,9-11,14-21H2,1-6H3. The average molecular weight is 474 g/mol. The summed E-state index contributed by atoms with van der Waals surface area (Å²) < 4.78 is 2.54. The molecule has 35 heavy (non-hydrogen) atoms. The smallest absolute Gasteiger partial charge is 0.0482 e. The zero-order chi connectivity index (χ0) is 24.5. The molecule has 8 atom stereocenters. The molecule has 1 aromatic carbocycles. The molecule has 0 spiro atoms. The van der Waals surface area contributed by atoms with Crippen LogP contribution in [0.4, 0.5) is 0 Å². The lowest BCUT2D eigenvalue weighted by Crippen LogP contribution is -2.52. The molecule has 0 amide bonds. The second-order valence-electron chi connectivity index (χ2n) is 14.5. The fraction of sp³-hybridized carbons (Fsp3) is 0.765. The van der Waals surface area contributed by atoms with Crippen LogP contribution in [0.5, 0.6) is 0 Å². The van der Waals surface area contributed by atoms with Crippen LogP contribution in [0.25, 0.3) is 10.9 Å². The molecule has 0 radical (unpaired) electrons. The highest BCUT2D eigenvalue weighted by molar-refractivity contribution is 5.86. The van der Waals surface area contributed by atoms with Crippen molar-refractivity contribution in [1.29, 1.82) is 0 Å². The highest BCUT2D eigenvalue weighted by Gasteiger charge is 2.61. The minimum Gasteiger partial charge on any atom is -0.347 e. The van der Waals surface area contributed by atoms with Gasteiger partial charge in [0.15, 0.2) is 0 Å². The maximum absolute atomic E-state index is 2.75. The van der Waals surface area contributed by atoms with Gasteiger partial charge in [-0.3, -0.25) is 0 Å². The third kappa shape index (κ3) is 3.53. The van der Waals surface area contributed by atoms with E-state index in [4.69, 9.17) is 0 Å². The number of benzene rings is 1. The van der Waals surface area contributed by atoms with Crippen LogP contribution < -0.4 is 0 Å². The van der Waals surface area contributed by atoms with Crippen LogP contribution in [0.1, 0.15) is 116 Å². The van der Waals surface area contributed by atoms with E-state index in [0.717, 1.165) is 41.4 Å². The van der Waals surface area contributed by atoms with Crippen molar-refractivity contribution in [3.63, 3.8) is 0 Å². The van der Waals surface area contributed by atoms with E-state index in [1.807, 2.05) is 0 Å². The Bertz CT molecular complexity index is 1080. The third-order valence-electron chi connectivity index (χ3n) is 12.6. The summed E-state index contributed by atoms with van der Waals surface area (Å²) in [6.07, 6.45) is 16.0. The predicted molar refractivity (Wildman–Crippen MR) is 150 cm³/mol. The number of hydrogen-bond donors (Lipinski definition) is 0. The highest BCUT2D eigenvalue weighted by atomic mass is 15.0. The SMILES string of the molecule is CC(C)CCCC(C)C1CCC2C3CCC4c5c(n(C)c6ccccc56)CCC4(C)C3CCC12C. The van der Waals surface area contributed by atoms with E-state index in [2.05, 4.69) is 70.5 Å². The summed E-state index contributed by atoms with van der Waals surface area (Å²) in [5, 5.41) is 1.57. The van der Waals surface area contributed by atoms with Crippen molar-refractivity contribution in [3.8, 4) is 0 Å². The number of rotatable bonds is 5. The molecule has 0 bridgehead atoms. The van der Waals surface area contributed by atoms with Gasteiger partial charge >= 0.3 is 0 Å². The van der Waals surface area contributed by atoms with E-state index in [9.17, 15) is 0 Å². The summed E-state index contributed by atoms with van der Waals surface area (Å²) in [4.78, 5) is 0. The van der Waals surface area contributed by atoms with Crippen LogP contribution in [-0.4, -0.2) is 4.57 Å². The average Bonchev–Trinajstić information content (AvgIpc) is 3.33.